The van der Waals surface area contributed by atoms with E-state index in [1.165, 1.54) is 32.1 Å². The fourth-order valence-corrected chi connectivity index (χ4v) is 3.88. The van der Waals surface area contributed by atoms with Crippen molar-refractivity contribution < 1.29 is 4.39 Å². The summed E-state index contributed by atoms with van der Waals surface area (Å²) in [6.45, 7) is 2.27. The quantitative estimate of drug-likeness (QED) is 0.821. The molecule has 1 saturated carbocycles. The molecule has 1 aromatic rings. The summed E-state index contributed by atoms with van der Waals surface area (Å²) in [6, 6.07) is 5.65. The Labute approximate surface area is 126 Å². The van der Waals surface area contributed by atoms with Crippen LogP contribution in [0.1, 0.15) is 44.6 Å². The first-order chi connectivity index (χ1) is 9.67. The van der Waals surface area contributed by atoms with Crippen LogP contribution in [-0.4, -0.2) is 13.1 Å². The molecule has 20 heavy (non-hydrogen) atoms. The van der Waals surface area contributed by atoms with Gasteiger partial charge in [-0.05, 0) is 43.4 Å². The van der Waals surface area contributed by atoms with Gasteiger partial charge in [0.15, 0.2) is 0 Å². The van der Waals surface area contributed by atoms with Gasteiger partial charge in [-0.1, -0.05) is 56.3 Å². The number of halogens is 2. The Hall–Kier alpha value is -0.600. The third kappa shape index (κ3) is 3.53. The molecule has 3 atom stereocenters. The van der Waals surface area contributed by atoms with Gasteiger partial charge in [-0.3, -0.25) is 0 Å². The second kappa shape index (κ2) is 7.42. The highest BCUT2D eigenvalue weighted by Crippen LogP contribution is 2.35. The second-order valence-corrected chi connectivity index (χ2v) is 6.34. The lowest BCUT2D eigenvalue weighted by Gasteiger charge is -2.37. The molecule has 0 aromatic heterocycles. The van der Waals surface area contributed by atoms with Crippen LogP contribution in [0.2, 0.25) is 5.02 Å². The van der Waals surface area contributed by atoms with E-state index in [1.54, 1.807) is 6.07 Å². The monoisotopic (exact) mass is 297 g/mol. The predicted molar refractivity (Wildman–Crippen MR) is 83.7 cm³/mol. The highest BCUT2D eigenvalue weighted by atomic mass is 35.5. The molecule has 0 saturated heterocycles. The molecular weight excluding hydrogens is 273 g/mol. The third-order valence-corrected chi connectivity index (χ3v) is 5.14. The highest BCUT2D eigenvalue weighted by molar-refractivity contribution is 6.30. The minimum atomic E-state index is -0.252. The molecular formula is C17H25ClFN. The summed E-state index contributed by atoms with van der Waals surface area (Å²) >= 11 is 5.89. The van der Waals surface area contributed by atoms with E-state index in [-0.39, 0.29) is 10.8 Å². The highest BCUT2D eigenvalue weighted by Gasteiger charge is 2.30. The van der Waals surface area contributed by atoms with Crippen molar-refractivity contribution in [1.82, 2.24) is 5.32 Å². The number of benzene rings is 1. The zero-order chi connectivity index (χ0) is 14.5. The fraction of sp³-hybridized carbons (Fsp3) is 0.647. The van der Waals surface area contributed by atoms with Gasteiger partial charge in [-0.2, -0.15) is 0 Å². The summed E-state index contributed by atoms with van der Waals surface area (Å²) < 4.78 is 14.1. The summed E-state index contributed by atoms with van der Waals surface area (Å²) in [5.74, 6) is 1.17. The largest absolute Gasteiger partial charge is 0.316 e. The second-order valence-electron chi connectivity index (χ2n) is 5.93. The van der Waals surface area contributed by atoms with Gasteiger partial charge in [0.1, 0.15) is 5.82 Å². The zero-order valence-corrected chi connectivity index (χ0v) is 13.2. The molecule has 1 aliphatic rings. The maximum Gasteiger partial charge on any atom is 0.145 e. The van der Waals surface area contributed by atoms with Crippen molar-refractivity contribution in [3.63, 3.8) is 0 Å². The number of likely N-dealkylation sites (N-methyl/N-ethyl adjacent to an activating group) is 1. The lowest BCUT2D eigenvalue weighted by molar-refractivity contribution is 0.178. The number of hydrogen-bond acceptors (Lipinski definition) is 1. The molecule has 3 heteroatoms. The van der Waals surface area contributed by atoms with Crippen LogP contribution < -0.4 is 5.32 Å². The van der Waals surface area contributed by atoms with E-state index in [0.29, 0.717) is 12.0 Å². The van der Waals surface area contributed by atoms with Crippen molar-refractivity contribution in [3.8, 4) is 0 Å². The van der Waals surface area contributed by atoms with Crippen LogP contribution in [0.15, 0.2) is 18.2 Å². The molecule has 0 radical (unpaired) electrons. The molecule has 0 amide bonds. The van der Waals surface area contributed by atoms with Gasteiger partial charge in [0.2, 0.25) is 0 Å². The van der Waals surface area contributed by atoms with Crippen molar-refractivity contribution in [3.05, 3.63) is 34.6 Å². The van der Waals surface area contributed by atoms with Crippen LogP contribution in [-0.2, 0) is 6.42 Å². The van der Waals surface area contributed by atoms with E-state index in [9.17, 15) is 4.39 Å². The van der Waals surface area contributed by atoms with Crippen LogP contribution in [0.4, 0.5) is 4.39 Å². The van der Waals surface area contributed by atoms with Crippen LogP contribution in [0.25, 0.3) is 0 Å². The molecule has 3 unspecified atom stereocenters. The summed E-state index contributed by atoms with van der Waals surface area (Å²) in [5.41, 5.74) is 0.734. The van der Waals surface area contributed by atoms with Gasteiger partial charge in [0.05, 0.1) is 5.02 Å². The average Bonchev–Trinajstić information content (AvgIpc) is 2.49. The van der Waals surface area contributed by atoms with E-state index in [0.717, 1.165) is 17.9 Å². The van der Waals surface area contributed by atoms with E-state index in [2.05, 4.69) is 12.2 Å². The Bertz CT molecular complexity index is 435. The molecule has 1 aromatic carbocycles. The lowest BCUT2D eigenvalue weighted by atomic mass is 9.72. The summed E-state index contributed by atoms with van der Waals surface area (Å²) in [5, 5.41) is 3.65. The SMILES string of the molecule is CCC1CCCCC1C(Cc1cccc(Cl)c1F)NC. The molecule has 1 N–H and O–H groups in total. The van der Waals surface area contributed by atoms with Crippen LogP contribution >= 0.6 is 11.6 Å². The lowest BCUT2D eigenvalue weighted by Crippen LogP contribution is -2.41. The first-order valence-electron chi connectivity index (χ1n) is 7.77. The average molecular weight is 298 g/mol. The minimum absolute atomic E-state index is 0.230. The summed E-state index contributed by atoms with van der Waals surface area (Å²) in [6.07, 6.45) is 7.17. The number of hydrogen-bond donors (Lipinski definition) is 1. The maximum absolute atomic E-state index is 14.1. The smallest absolute Gasteiger partial charge is 0.145 e. The van der Waals surface area contributed by atoms with Gasteiger partial charge in [-0.15, -0.1) is 0 Å². The van der Waals surface area contributed by atoms with E-state index in [1.807, 2.05) is 19.2 Å². The van der Waals surface area contributed by atoms with Crippen LogP contribution in [0, 0.1) is 17.7 Å². The summed E-state index contributed by atoms with van der Waals surface area (Å²) in [7, 11) is 1.99. The van der Waals surface area contributed by atoms with Crippen molar-refractivity contribution in [1.29, 1.82) is 0 Å². The molecule has 1 fully saturated rings. The van der Waals surface area contributed by atoms with Crippen molar-refractivity contribution in [2.75, 3.05) is 7.05 Å². The minimum Gasteiger partial charge on any atom is -0.316 e. The molecule has 0 bridgehead atoms. The molecule has 0 spiro atoms. The van der Waals surface area contributed by atoms with E-state index in [4.69, 9.17) is 11.6 Å². The molecule has 112 valence electrons. The van der Waals surface area contributed by atoms with Crippen LogP contribution in [0.3, 0.4) is 0 Å². The first kappa shape index (κ1) is 15.8. The van der Waals surface area contributed by atoms with Crippen LogP contribution in [0.5, 0.6) is 0 Å². The van der Waals surface area contributed by atoms with Gasteiger partial charge in [-0.25, -0.2) is 4.39 Å². The molecule has 1 aliphatic carbocycles. The zero-order valence-electron chi connectivity index (χ0n) is 12.5. The third-order valence-electron chi connectivity index (χ3n) is 4.85. The molecule has 1 nitrogen and oxygen atoms in total. The van der Waals surface area contributed by atoms with Crippen molar-refractivity contribution >= 4 is 11.6 Å². The number of nitrogens with one attached hydrogen (secondary N) is 1. The van der Waals surface area contributed by atoms with Crippen molar-refractivity contribution in [2.45, 2.75) is 51.5 Å². The molecule has 2 rings (SSSR count). The summed E-state index contributed by atoms with van der Waals surface area (Å²) in [4.78, 5) is 0. The van der Waals surface area contributed by atoms with E-state index < -0.39 is 0 Å². The predicted octanol–water partition coefficient (Wildman–Crippen LogP) is 4.83. The Kier molecular flexibility index (Phi) is 5.86. The first-order valence-corrected chi connectivity index (χ1v) is 8.15. The van der Waals surface area contributed by atoms with E-state index >= 15 is 0 Å². The number of rotatable bonds is 5. The van der Waals surface area contributed by atoms with Gasteiger partial charge >= 0.3 is 0 Å². The van der Waals surface area contributed by atoms with Gasteiger partial charge in [0, 0.05) is 6.04 Å². The maximum atomic E-state index is 14.1. The standard InChI is InChI=1S/C17H25ClFN/c1-3-12-7-4-5-9-14(12)16(20-2)11-13-8-6-10-15(18)17(13)19/h6,8,10,12,14,16,20H,3-5,7,9,11H2,1-2H3. The Morgan fingerprint density at radius 2 is 2.10 bits per heavy atom. The Morgan fingerprint density at radius 1 is 1.35 bits per heavy atom. The fourth-order valence-electron chi connectivity index (χ4n) is 3.68. The van der Waals surface area contributed by atoms with Crippen molar-refractivity contribution in [2.24, 2.45) is 11.8 Å². The molecule has 0 aliphatic heterocycles. The normalized spacial score (nSPS) is 24.6. The molecule has 0 heterocycles. The Balaban J connectivity index is 2.13. The topological polar surface area (TPSA) is 12.0 Å². The Morgan fingerprint density at radius 3 is 2.80 bits per heavy atom. The van der Waals surface area contributed by atoms with Gasteiger partial charge in [0.25, 0.3) is 0 Å². The van der Waals surface area contributed by atoms with Gasteiger partial charge < -0.3 is 5.32 Å².